The summed E-state index contributed by atoms with van der Waals surface area (Å²) in [5, 5.41) is 0.619. The molecule has 1 unspecified atom stereocenters. The van der Waals surface area contributed by atoms with Crippen molar-refractivity contribution in [2.45, 2.75) is 57.7 Å². The highest BCUT2D eigenvalue weighted by atomic mass is 35.5. The van der Waals surface area contributed by atoms with Crippen LogP contribution in [0.25, 0.3) is 11.0 Å². The van der Waals surface area contributed by atoms with Crippen LogP contribution in [0, 0.1) is 5.82 Å². The Bertz CT molecular complexity index is 1170. The second-order valence-corrected chi connectivity index (χ2v) is 8.94. The van der Waals surface area contributed by atoms with Gasteiger partial charge in [-0.15, -0.1) is 0 Å². The van der Waals surface area contributed by atoms with Crippen LogP contribution in [0.3, 0.4) is 0 Å². The number of anilines is 1. The molecule has 2 heterocycles. The van der Waals surface area contributed by atoms with E-state index in [4.69, 9.17) is 21.3 Å². The van der Waals surface area contributed by atoms with E-state index in [1.54, 1.807) is 11.0 Å². The predicted octanol–water partition coefficient (Wildman–Crippen LogP) is 5.22. The second kappa shape index (κ2) is 7.61. The van der Waals surface area contributed by atoms with E-state index < -0.39 is 5.41 Å². The van der Waals surface area contributed by atoms with Crippen molar-refractivity contribution >= 4 is 34.2 Å². The monoisotopic (exact) mass is 441 g/mol. The lowest BCUT2D eigenvalue weighted by Gasteiger charge is -2.20. The number of nitrogens with zero attached hydrogens (tertiary/aromatic N) is 3. The fraction of sp³-hybridized carbons (Fsp3) is 0.417. The van der Waals surface area contributed by atoms with Crippen LogP contribution < -0.4 is 4.90 Å². The molecule has 1 atom stereocenters. The molecule has 1 saturated carbocycles. The van der Waals surface area contributed by atoms with Gasteiger partial charge in [-0.25, -0.2) is 9.37 Å². The summed E-state index contributed by atoms with van der Waals surface area (Å²) < 4.78 is 21.9. The Morgan fingerprint density at radius 2 is 2.06 bits per heavy atom. The first-order chi connectivity index (χ1) is 14.9. The van der Waals surface area contributed by atoms with Crippen molar-refractivity contribution in [3.05, 3.63) is 58.6 Å². The van der Waals surface area contributed by atoms with Gasteiger partial charge >= 0.3 is 0 Å². The summed E-state index contributed by atoms with van der Waals surface area (Å²) in [4.78, 5) is 19.8. The van der Waals surface area contributed by atoms with Crippen LogP contribution in [0.4, 0.5) is 10.1 Å². The molecule has 7 heteroatoms. The summed E-state index contributed by atoms with van der Waals surface area (Å²) in [7, 11) is 0. The SMILES string of the molecule is CCOC(C)CCn1c(CN2C(=O)C3(CC3)c3ccc(F)cc32)nc2cc(Cl)ccc21. The van der Waals surface area contributed by atoms with Gasteiger partial charge in [-0.1, -0.05) is 17.7 Å². The molecule has 31 heavy (non-hydrogen) atoms. The Labute approximate surface area is 185 Å². The zero-order chi connectivity index (χ0) is 21.8. The first-order valence-corrected chi connectivity index (χ1v) is 11.2. The molecule has 0 bridgehead atoms. The minimum absolute atomic E-state index is 0.0485. The summed E-state index contributed by atoms with van der Waals surface area (Å²) in [5.41, 5.74) is 2.90. The molecule has 2 aromatic carbocycles. The minimum Gasteiger partial charge on any atom is -0.379 e. The number of hydrogen-bond acceptors (Lipinski definition) is 3. The van der Waals surface area contributed by atoms with E-state index in [1.165, 1.54) is 12.1 Å². The van der Waals surface area contributed by atoms with Gasteiger partial charge in [0.2, 0.25) is 5.91 Å². The molecule has 1 aliphatic heterocycles. The van der Waals surface area contributed by atoms with E-state index in [0.717, 1.165) is 41.7 Å². The summed E-state index contributed by atoms with van der Waals surface area (Å²) in [6.45, 7) is 5.71. The standard InChI is InChI=1S/C24H25ClFN3O2/c1-3-31-15(2)8-11-28-20-7-4-16(25)12-19(20)27-22(28)14-29-21-13-17(26)5-6-18(21)24(9-10-24)23(29)30/h4-7,12-13,15H,3,8-11,14H2,1-2H3. The van der Waals surface area contributed by atoms with Crippen LogP contribution in [0.1, 0.15) is 44.5 Å². The average Bonchev–Trinajstić information content (AvgIpc) is 3.42. The van der Waals surface area contributed by atoms with Gasteiger partial charge in [0.25, 0.3) is 0 Å². The third-order valence-electron chi connectivity index (χ3n) is 6.47. The number of aromatic nitrogens is 2. The molecule has 0 N–H and O–H groups in total. The number of benzene rings is 2. The van der Waals surface area contributed by atoms with Crippen molar-refractivity contribution in [1.82, 2.24) is 9.55 Å². The normalized spacial score (nSPS) is 17.5. The number of halogens is 2. The number of hydrogen-bond donors (Lipinski definition) is 0. The van der Waals surface area contributed by atoms with Gasteiger partial charge in [0, 0.05) is 18.2 Å². The van der Waals surface area contributed by atoms with Crippen molar-refractivity contribution in [3.63, 3.8) is 0 Å². The number of carbonyl (C=O) groups excluding carboxylic acids is 1. The zero-order valence-corrected chi connectivity index (χ0v) is 18.5. The van der Waals surface area contributed by atoms with Gasteiger partial charge in [-0.3, -0.25) is 4.79 Å². The molecule has 1 aromatic heterocycles. The molecule has 5 nitrogen and oxygen atoms in total. The number of imidazole rings is 1. The fourth-order valence-electron chi connectivity index (χ4n) is 4.72. The Balaban J connectivity index is 1.52. The quantitative estimate of drug-likeness (QED) is 0.505. The molecular formula is C24H25ClFN3O2. The number of carbonyl (C=O) groups is 1. The summed E-state index contributed by atoms with van der Waals surface area (Å²) in [6.07, 6.45) is 2.57. The highest BCUT2D eigenvalue weighted by molar-refractivity contribution is 6.31. The molecule has 5 rings (SSSR count). The number of ether oxygens (including phenoxy) is 1. The van der Waals surface area contributed by atoms with Crippen molar-refractivity contribution in [2.75, 3.05) is 11.5 Å². The van der Waals surface area contributed by atoms with E-state index in [0.29, 0.717) is 30.4 Å². The maximum absolute atomic E-state index is 14.1. The van der Waals surface area contributed by atoms with Gasteiger partial charge in [0.05, 0.1) is 34.8 Å². The van der Waals surface area contributed by atoms with Gasteiger partial charge in [0.1, 0.15) is 11.6 Å². The Hall–Kier alpha value is -2.44. The highest BCUT2D eigenvalue weighted by Crippen LogP contribution is 2.57. The molecule has 162 valence electrons. The van der Waals surface area contributed by atoms with E-state index in [9.17, 15) is 9.18 Å². The molecule has 2 aliphatic rings. The van der Waals surface area contributed by atoms with Crippen molar-refractivity contribution in [1.29, 1.82) is 0 Å². The topological polar surface area (TPSA) is 47.4 Å². The van der Waals surface area contributed by atoms with Crippen LogP contribution >= 0.6 is 11.6 Å². The largest absolute Gasteiger partial charge is 0.379 e. The Kier molecular flexibility index (Phi) is 5.02. The molecule has 1 aliphatic carbocycles. The Morgan fingerprint density at radius 3 is 2.81 bits per heavy atom. The molecule has 0 radical (unpaired) electrons. The first kappa shape index (κ1) is 20.5. The lowest BCUT2D eigenvalue weighted by atomic mass is 9.98. The third-order valence-corrected chi connectivity index (χ3v) is 6.71. The van der Waals surface area contributed by atoms with Crippen LogP contribution in [0.15, 0.2) is 36.4 Å². The lowest BCUT2D eigenvalue weighted by molar-refractivity contribution is -0.120. The third kappa shape index (κ3) is 3.42. The highest BCUT2D eigenvalue weighted by Gasteiger charge is 2.59. The first-order valence-electron chi connectivity index (χ1n) is 10.8. The Morgan fingerprint density at radius 1 is 1.26 bits per heavy atom. The number of aryl methyl sites for hydroxylation is 1. The van der Waals surface area contributed by atoms with Crippen molar-refractivity contribution in [2.24, 2.45) is 0 Å². The van der Waals surface area contributed by atoms with Gasteiger partial charge in [-0.2, -0.15) is 0 Å². The van der Waals surface area contributed by atoms with Crippen LogP contribution in [-0.2, 0) is 28.0 Å². The van der Waals surface area contributed by atoms with Gasteiger partial charge in [-0.05, 0) is 69.0 Å². The molecule has 1 fully saturated rings. The smallest absolute Gasteiger partial charge is 0.238 e. The van der Waals surface area contributed by atoms with Gasteiger partial charge < -0.3 is 14.2 Å². The van der Waals surface area contributed by atoms with E-state index in [2.05, 4.69) is 11.5 Å². The zero-order valence-electron chi connectivity index (χ0n) is 17.7. The van der Waals surface area contributed by atoms with Crippen molar-refractivity contribution in [3.8, 4) is 0 Å². The number of rotatable bonds is 7. The predicted molar refractivity (Wildman–Crippen MR) is 119 cm³/mol. The molecule has 0 saturated heterocycles. The van der Waals surface area contributed by atoms with Crippen LogP contribution in [-0.4, -0.2) is 28.2 Å². The fourth-order valence-corrected chi connectivity index (χ4v) is 4.89. The maximum Gasteiger partial charge on any atom is 0.238 e. The average molecular weight is 442 g/mol. The van der Waals surface area contributed by atoms with E-state index in [-0.39, 0.29) is 17.8 Å². The lowest BCUT2D eigenvalue weighted by Crippen LogP contribution is -2.32. The summed E-state index contributed by atoms with van der Waals surface area (Å²) in [5.74, 6) is 0.481. The molecular weight excluding hydrogens is 417 g/mol. The maximum atomic E-state index is 14.1. The van der Waals surface area contributed by atoms with Crippen LogP contribution in [0.2, 0.25) is 5.02 Å². The number of fused-ring (bicyclic) bond motifs is 3. The van der Waals surface area contributed by atoms with Gasteiger partial charge in [0.15, 0.2) is 0 Å². The summed E-state index contributed by atoms with van der Waals surface area (Å²) >= 11 is 6.20. The van der Waals surface area contributed by atoms with E-state index in [1.807, 2.05) is 25.1 Å². The van der Waals surface area contributed by atoms with E-state index >= 15 is 0 Å². The molecule has 1 spiro atoms. The number of amides is 1. The van der Waals surface area contributed by atoms with Crippen molar-refractivity contribution < 1.29 is 13.9 Å². The minimum atomic E-state index is -0.466. The summed E-state index contributed by atoms with van der Waals surface area (Å²) in [6, 6.07) is 10.3. The second-order valence-electron chi connectivity index (χ2n) is 8.50. The van der Waals surface area contributed by atoms with Crippen LogP contribution in [0.5, 0.6) is 0 Å². The molecule has 1 amide bonds. The molecule has 3 aromatic rings.